The average molecular weight is 354 g/mol. The topological polar surface area (TPSA) is 82.3 Å². The van der Waals surface area contributed by atoms with Crippen LogP contribution in [0.1, 0.15) is 20.9 Å². The van der Waals surface area contributed by atoms with Gasteiger partial charge in [0.15, 0.2) is 0 Å². The monoisotopic (exact) mass is 354 g/mol. The lowest BCUT2D eigenvalue weighted by Crippen LogP contribution is -2.05. The molecule has 1 aromatic heterocycles. The number of carbonyl (C=O) groups excluding carboxylic acids is 1. The number of hydrogen-bond donors (Lipinski definition) is 0. The van der Waals surface area contributed by atoms with E-state index in [1.54, 1.807) is 19.1 Å². The lowest BCUT2D eigenvalue weighted by atomic mass is 10.2. The Morgan fingerprint density at radius 3 is 2.68 bits per heavy atom. The van der Waals surface area contributed by atoms with Gasteiger partial charge in [0.1, 0.15) is 16.5 Å². The van der Waals surface area contributed by atoms with Crippen molar-refractivity contribution in [3.63, 3.8) is 0 Å². The number of benzene rings is 2. The maximum atomic E-state index is 12.3. The average Bonchev–Trinajstić information content (AvgIpc) is 3.02. The van der Waals surface area contributed by atoms with Crippen LogP contribution in [-0.4, -0.2) is 15.9 Å². The van der Waals surface area contributed by atoms with Crippen LogP contribution in [0, 0.1) is 17.0 Å². The van der Waals surface area contributed by atoms with Crippen molar-refractivity contribution in [2.24, 2.45) is 0 Å². The molecule has 0 saturated heterocycles. The van der Waals surface area contributed by atoms with Gasteiger partial charge < -0.3 is 4.74 Å². The quantitative estimate of drug-likeness (QED) is 0.386. The third kappa shape index (κ3) is 3.89. The minimum absolute atomic E-state index is 0.0292. The van der Waals surface area contributed by atoms with Gasteiger partial charge in [-0.05, 0) is 12.5 Å². The number of ether oxygens (including phenoxy) is 1. The largest absolute Gasteiger partial charge is 0.457 e. The fourth-order valence-corrected chi connectivity index (χ4v) is 3.23. The molecule has 6 nitrogen and oxygen atoms in total. The standard InChI is InChI=1S/C18H14N2O4S/c1-12-16(25-17(19-12)14-7-3-2-4-8-14)18(21)24-11-13-6-5-9-15(10-13)20(22)23/h2-10H,11H2,1H3. The Morgan fingerprint density at radius 1 is 1.20 bits per heavy atom. The Balaban J connectivity index is 1.73. The Morgan fingerprint density at radius 2 is 1.96 bits per heavy atom. The first-order chi connectivity index (χ1) is 12.0. The highest BCUT2D eigenvalue weighted by atomic mass is 32.1. The van der Waals surface area contributed by atoms with Gasteiger partial charge in [0.05, 0.1) is 10.6 Å². The first-order valence-electron chi connectivity index (χ1n) is 7.48. The van der Waals surface area contributed by atoms with Crippen LogP contribution < -0.4 is 0 Å². The summed E-state index contributed by atoms with van der Waals surface area (Å²) in [4.78, 5) is 27.5. The summed E-state index contributed by atoms with van der Waals surface area (Å²) < 4.78 is 5.29. The molecule has 0 fully saturated rings. The molecular formula is C18H14N2O4S. The van der Waals surface area contributed by atoms with E-state index in [2.05, 4.69) is 4.98 Å². The fraction of sp³-hybridized carbons (Fsp3) is 0.111. The van der Waals surface area contributed by atoms with Crippen LogP contribution in [0.3, 0.4) is 0 Å². The Bertz CT molecular complexity index is 922. The third-order valence-corrected chi connectivity index (χ3v) is 4.68. The van der Waals surface area contributed by atoms with E-state index in [4.69, 9.17) is 4.74 Å². The van der Waals surface area contributed by atoms with Crippen LogP contribution in [0.25, 0.3) is 10.6 Å². The summed E-state index contributed by atoms with van der Waals surface area (Å²) in [5.74, 6) is -0.483. The van der Waals surface area contributed by atoms with Crippen LogP contribution in [0.2, 0.25) is 0 Å². The third-order valence-electron chi connectivity index (χ3n) is 3.49. The molecule has 0 aliphatic rings. The summed E-state index contributed by atoms with van der Waals surface area (Å²) in [6, 6.07) is 15.6. The number of aryl methyl sites for hydroxylation is 1. The Kier molecular flexibility index (Phi) is 4.85. The van der Waals surface area contributed by atoms with Gasteiger partial charge in [-0.15, -0.1) is 11.3 Å². The van der Waals surface area contributed by atoms with Gasteiger partial charge in [0.2, 0.25) is 0 Å². The number of hydrogen-bond acceptors (Lipinski definition) is 6. The van der Waals surface area contributed by atoms with Crippen molar-refractivity contribution in [1.29, 1.82) is 0 Å². The molecule has 0 N–H and O–H groups in total. The van der Waals surface area contributed by atoms with Crippen molar-refractivity contribution >= 4 is 23.0 Å². The minimum Gasteiger partial charge on any atom is -0.457 e. The Hall–Kier alpha value is -3.06. The zero-order chi connectivity index (χ0) is 17.8. The van der Waals surface area contributed by atoms with E-state index in [0.717, 1.165) is 10.6 Å². The highest BCUT2D eigenvalue weighted by molar-refractivity contribution is 7.17. The minimum atomic E-state index is -0.483. The van der Waals surface area contributed by atoms with Gasteiger partial charge in [-0.3, -0.25) is 10.1 Å². The number of nitro groups is 1. The molecule has 0 bridgehead atoms. The van der Waals surface area contributed by atoms with E-state index < -0.39 is 10.9 Å². The molecule has 2 aromatic carbocycles. The molecule has 0 unspecified atom stereocenters. The van der Waals surface area contributed by atoms with Crippen LogP contribution >= 0.6 is 11.3 Å². The molecule has 3 aromatic rings. The molecule has 126 valence electrons. The lowest BCUT2D eigenvalue weighted by molar-refractivity contribution is -0.384. The van der Waals surface area contributed by atoms with Gasteiger partial charge >= 0.3 is 5.97 Å². The van der Waals surface area contributed by atoms with Crippen LogP contribution in [0.5, 0.6) is 0 Å². The predicted octanol–water partition coefficient (Wildman–Crippen LogP) is 4.38. The molecule has 0 radical (unpaired) electrons. The maximum Gasteiger partial charge on any atom is 0.350 e. The second-order valence-electron chi connectivity index (χ2n) is 5.30. The van der Waals surface area contributed by atoms with Crippen LogP contribution in [-0.2, 0) is 11.3 Å². The summed E-state index contributed by atoms with van der Waals surface area (Å²) >= 11 is 1.27. The van der Waals surface area contributed by atoms with Crippen LogP contribution in [0.15, 0.2) is 54.6 Å². The number of nitro benzene ring substituents is 1. The zero-order valence-electron chi connectivity index (χ0n) is 13.3. The molecule has 3 rings (SSSR count). The summed E-state index contributed by atoms with van der Waals surface area (Å²) in [6.07, 6.45) is 0. The molecule has 7 heteroatoms. The molecule has 0 atom stereocenters. The second-order valence-corrected chi connectivity index (χ2v) is 6.30. The van der Waals surface area contributed by atoms with E-state index in [1.165, 1.54) is 23.5 Å². The van der Waals surface area contributed by atoms with Crippen molar-refractivity contribution in [3.8, 4) is 10.6 Å². The van der Waals surface area contributed by atoms with E-state index in [9.17, 15) is 14.9 Å². The van der Waals surface area contributed by atoms with Crippen molar-refractivity contribution in [2.45, 2.75) is 13.5 Å². The summed E-state index contributed by atoms with van der Waals surface area (Å²) in [5.41, 5.74) is 2.07. The first kappa shape index (κ1) is 16.8. The smallest absolute Gasteiger partial charge is 0.350 e. The number of thiazole rings is 1. The SMILES string of the molecule is Cc1nc(-c2ccccc2)sc1C(=O)OCc1cccc([N+](=O)[O-])c1. The number of carbonyl (C=O) groups is 1. The normalized spacial score (nSPS) is 10.4. The molecule has 0 saturated carbocycles. The van der Waals surface area contributed by atoms with E-state index >= 15 is 0 Å². The molecule has 0 aliphatic heterocycles. The number of aromatic nitrogens is 1. The molecule has 0 spiro atoms. The van der Waals surface area contributed by atoms with Crippen molar-refractivity contribution in [3.05, 3.63) is 80.8 Å². The van der Waals surface area contributed by atoms with Gasteiger partial charge in [-0.2, -0.15) is 0 Å². The van der Waals surface area contributed by atoms with E-state index in [-0.39, 0.29) is 12.3 Å². The van der Waals surface area contributed by atoms with Gasteiger partial charge in [-0.25, -0.2) is 9.78 Å². The molecule has 0 aliphatic carbocycles. The van der Waals surface area contributed by atoms with Gasteiger partial charge in [0.25, 0.3) is 5.69 Å². The van der Waals surface area contributed by atoms with E-state index in [0.29, 0.717) is 16.1 Å². The highest BCUT2D eigenvalue weighted by Gasteiger charge is 2.18. The summed E-state index contributed by atoms with van der Waals surface area (Å²) in [6.45, 7) is 1.73. The summed E-state index contributed by atoms with van der Waals surface area (Å²) in [7, 11) is 0. The Labute approximate surface area is 147 Å². The van der Waals surface area contributed by atoms with Gasteiger partial charge in [0, 0.05) is 17.7 Å². The predicted molar refractivity (Wildman–Crippen MR) is 94.5 cm³/mol. The molecule has 25 heavy (non-hydrogen) atoms. The van der Waals surface area contributed by atoms with Crippen LogP contribution in [0.4, 0.5) is 5.69 Å². The number of nitrogens with zero attached hydrogens (tertiary/aromatic N) is 2. The fourth-order valence-electron chi connectivity index (χ4n) is 2.26. The number of esters is 1. The van der Waals surface area contributed by atoms with E-state index in [1.807, 2.05) is 30.3 Å². The number of rotatable bonds is 5. The highest BCUT2D eigenvalue weighted by Crippen LogP contribution is 2.28. The lowest BCUT2D eigenvalue weighted by Gasteiger charge is -2.03. The summed E-state index contributed by atoms with van der Waals surface area (Å²) in [5, 5.41) is 11.5. The number of non-ortho nitro benzene ring substituents is 1. The second kappa shape index (κ2) is 7.23. The molecular weight excluding hydrogens is 340 g/mol. The van der Waals surface area contributed by atoms with Gasteiger partial charge in [-0.1, -0.05) is 42.5 Å². The molecule has 1 heterocycles. The first-order valence-corrected chi connectivity index (χ1v) is 8.29. The zero-order valence-corrected chi connectivity index (χ0v) is 14.2. The van der Waals surface area contributed by atoms with Crippen molar-refractivity contribution < 1.29 is 14.5 Å². The maximum absolute atomic E-state index is 12.3. The van der Waals surface area contributed by atoms with Crippen molar-refractivity contribution in [1.82, 2.24) is 4.98 Å². The van der Waals surface area contributed by atoms with Crippen molar-refractivity contribution in [2.75, 3.05) is 0 Å². The molecule has 0 amide bonds.